The Morgan fingerprint density at radius 1 is 1.07 bits per heavy atom. The maximum atomic E-state index is 11.0. The predicted molar refractivity (Wildman–Crippen MR) is 52.6 cm³/mol. The lowest BCUT2D eigenvalue weighted by atomic mass is 10.3. The third kappa shape index (κ3) is 1.69. The summed E-state index contributed by atoms with van der Waals surface area (Å²) < 4.78 is 22.0. The minimum Gasteiger partial charge on any atom is -0.253 e. The summed E-state index contributed by atoms with van der Waals surface area (Å²) in [6.45, 7) is 0. The van der Waals surface area contributed by atoms with E-state index in [1.165, 1.54) is 24.5 Å². The van der Waals surface area contributed by atoms with E-state index in [0.29, 0.717) is 11.0 Å². The van der Waals surface area contributed by atoms with Crippen LogP contribution in [0.3, 0.4) is 0 Å². The van der Waals surface area contributed by atoms with Crippen LogP contribution in [-0.2, 0) is 9.05 Å². The van der Waals surface area contributed by atoms with E-state index in [-0.39, 0.29) is 4.90 Å². The summed E-state index contributed by atoms with van der Waals surface area (Å²) in [5.74, 6) is 0. The van der Waals surface area contributed by atoms with Gasteiger partial charge in [0.25, 0.3) is 9.05 Å². The van der Waals surface area contributed by atoms with Crippen molar-refractivity contribution in [2.75, 3.05) is 0 Å². The van der Waals surface area contributed by atoms with Crippen LogP contribution in [0, 0.1) is 0 Å². The number of hydrogen-bond donors (Lipinski definition) is 0. The zero-order valence-electron chi connectivity index (χ0n) is 6.88. The first-order valence-electron chi connectivity index (χ1n) is 3.73. The molecule has 0 radical (unpaired) electrons. The molecule has 72 valence electrons. The molecule has 1 aromatic carbocycles. The summed E-state index contributed by atoms with van der Waals surface area (Å²) in [5.41, 5.74) is 1.14. The maximum absolute atomic E-state index is 11.0. The molecular formula is C8H5ClN2O2S. The molecule has 0 aliphatic rings. The van der Waals surface area contributed by atoms with E-state index in [2.05, 4.69) is 9.97 Å². The summed E-state index contributed by atoms with van der Waals surface area (Å²) in [5, 5.41) is 0. The molecule has 0 fully saturated rings. The molecule has 6 heteroatoms. The van der Waals surface area contributed by atoms with Gasteiger partial charge in [-0.3, -0.25) is 9.97 Å². The van der Waals surface area contributed by atoms with Gasteiger partial charge in [-0.05, 0) is 18.2 Å². The topological polar surface area (TPSA) is 59.9 Å². The second-order valence-corrected chi connectivity index (χ2v) is 5.21. The highest BCUT2D eigenvalue weighted by Crippen LogP contribution is 2.18. The van der Waals surface area contributed by atoms with E-state index >= 15 is 0 Å². The van der Waals surface area contributed by atoms with Crippen LogP contribution >= 0.6 is 10.7 Å². The van der Waals surface area contributed by atoms with Gasteiger partial charge in [0.2, 0.25) is 0 Å². The first-order chi connectivity index (χ1) is 6.57. The fraction of sp³-hybridized carbons (Fsp3) is 0. The van der Waals surface area contributed by atoms with E-state index in [1.807, 2.05) is 0 Å². The molecule has 1 heterocycles. The Bertz CT molecular complexity index is 583. The third-order valence-corrected chi connectivity index (χ3v) is 3.07. The van der Waals surface area contributed by atoms with Crippen molar-refractivity contribution in [1.29, 1.82) is 0 Å². The van der Waals surface area contributed by atoms with Crippen LogP contribution in [0.4, 0.5) is 0 Å². The SMILES string of the molecule is O=S(=O)(Cl)c1ccc2nccnc2c1. The van der Waals surface area contributed by atoms with E-state index in [1.54, 1.807) is 6.07 Å². The molecule has 0 atom stereocenters. The number of halogens is 1. The Labute approximate surface area is 85.0 Å². The van der Waals surface area contributed by atoms with Gasteiger partial charge in [-0.2, -0.15) is 0 Å². The highest BCUT2D eigenvalue weighted by molar-refractivity contribution is 8.13. The largest absolute Gasteiger partial charge is 0.261 e. The van der Waals surface area contributed by atoms with Crippen molar-refractivity contribution in [1.82, 2.24) is 9.97 Å². The molecule has 0 saturated carbocycles. The Morgan fingerprint density at radius 2 is 1.71 bits per heavy atom. The van der Waals surface area contributed by atoms with Gasteiger partial charge in [-0.1, -0.05) is 0 Å². The van der Waals surface area contributed by atoms with Crippen molar-refractivity contribution in [2.45, 2.75) is 4.90 Å². The first kappa shape index (κ1) is 9.36. The van der Waals surface area contributed by atoms with Gasteiger partial charge < -0.3 is 0 Å². The van der Waals surface area contributed by atoms with Crippen molar-refractivity contribution < 1.29 is 8.42 Å². The lowest BCUT2D eigenvalue weighted by molar-refractivity contribution is 0.609. The zero-order valence-corrected chi connectivity index (χ0v) is 8.46. The summed E-state index contributed by atoms with van der Waals surface area (Å²) in [6, 6.07) is 4.36. The lowest BCUT2D eigenvalue weighted by Crippen LogP contribution is -1.91. The normalized spacial score (nSPS) is 11.8. The van der Waals surface area contributed by atoms with Gasteiger partial charge in [0.05, 0.1) is 15.9 Å². The van der Waals surface area contributed by atoms with Crippen LogP contribution in [0.25, 0.3) is 11.0 Å². The molecule has 14 heavy (non-hydrogen) atoms. The molecule has 2 rings (SSSR count). The van der Waals surface area contributed by atoms with Gasteiger partial charge in [-0.15, -0.1) is 0 Å². The van der Waals surface area contributed by atoms with E-state index in [4.69, 9.17) is 10.7 Å². The maximum Gasteiger partial charge on any atom is 0.261 e. The van der Waals surface area contributed by atoms with E-state index in [0.717, 1.165) is 0 Å². The van der Waals surface area contributed by atoms with Crippen molar-refractivity contribution >= 4 is 30.8 Å². The average Bonchev–Trinajstić information content (AvgIpc) is 2.16. The van der Waals surface area contributed by atoms with Crippen molar-refractivity contribution in [3.8, 4) is 0 Å². The summed E-state index contributed by atoms with van der Waals surface area (Å²) in [7, 11) is 1.49. The number of benzene rings is 1. The highest BCUT2D eigenvalue weighted by Gasteiger charge is 2.10. The van der Waals surface area contributed by atoms with E-state index in [9.17, 15) is 8.42 Å². The Balaban J connectivity index is 2.75. The first-order valence-corrected chi connectivity index (χ1v) is 6.04. The molecule has 1 aromatic heterocycles. The fourth-order valence-corrected chi connectivity index (χ4v) is 1.87. The van der Waals surface area contributed by atoms with Crippen molar-refractivity contribution in [3.63, 3.8) is 0 Å². The second kappa shape index (κ2) is 3.18. The van der Waals surface area contributed by atoms with Crippen LogP contribution in [0.2, 0.25) is 0 Å². The zero-order chi connectivity index (χ0) is 10.2. The quantitative estimate of drug-likeness (QED) is 0.695. The van der Waals surface area contributed by atoms with Gasteiger partial charge in [0, 0.05) is 23.1 Å². The van der Waals surface area contributed by atoms with Crippen LogP contribution in [0.1, 0.15) is 0 Å². The molecule has 0 bridgehead atoms. The minimum atomic E-state index is -3.69. The van der Waals surface area contributed by atoms with Crippen molar-refractivity contribution in [3.05, 3.63) is 30.6 Å². The molecule has 0 amide bonds. The summed E-state index contributed by atoms with van der Waals surface area (Å²) >= 11 is 0. The second-order valence-electron chi connectivity index (χ2n) is 2.64. The van der Waals surface area contributed by atoms with Crippen molar-refractivity contribution in [2.24, 2.45) is 0 Å². The monoisotopic (exact) mass is 228 g/mol. The minimum absolute atomic E-state index is 0.0344. The molecule has 0 spiro atoms. The average molecular weight is 229 g/mol. The Morgan fingerprint density at radius 3 is 2.36 bits per heavy atom. The van der Waals surface area contributed by atoms with Crippen LogP contribution in [-0.4, -0.2) is 18.4 Å². The number of aromatic nitrogens is 2. The number of hydrogen-bond acceptors (Lipinski definition) is 4. The molecule has 4 nitrogen and oxygen atoms in total. The lowest BCUT2D eigenvalue weighted by Gasteiger charge is -1.97. The summed E-state index contributed by atoms with van der Waals surface area (Å²) in [4.78, 5) is 8.01. The van der Waals surface area contributed by atoms with Crippen LogP contribution in [0.15, 0.2) is 35.5 Å². The number of nitrogens with zero attached hydrogens (tertiary/aromatic N) is 2. The fourth-order valence-electron chi connectivity index (χ4n) is 1.09. The van der Waals surface area contributed by atoms with Crippen LogP contribution < -0.4 is 0 Å². The standard InChI is InChI=1S/C8H5ClN2O2S/c9-14(12,13)6-1-2-7-8(5-6)11-4-3-10-7/h1-5H. The van der Waals surface area contributed by atoms with Gasteiger partial charge >= 0.3 is 0 Å². The van der Waals surface area contributed by atoms with Gasteiger partial charge in [-0.25, -0.2) is 8.42 Å². The number of fused-ring (bicyclic) bond motifs is 1. The Kier molecular flexibility index (Phi) is 2.13. The molecule has 0 aliphatic heterocycles. The molecule has 0 N–H and O–H groups in total. The van der Waals surface area contributed by atoms with Crippen LogP contribution in [0.5, 0.6) is 0 Å². The molecule has 0 unspecified atom stereocenters. The van der Waals surface area contributed by atoms with Gasteiger partial charge in [0.15, 0.2) is 0 Å². The molecule has 2 aromatic rings. The number of rotatable bonds is 1. The predicted octanol–water partition coefficient (Wildman–Crippen LogP) is 1.56. The molecule has 0 saturated heterocycles. The smallest absolute Gasteiger partial charge is 0.253 e. The van der Waals surface area contributed by atoms with Gasteiger partial charge in [0.1, 0.15) is 0 Å². The third-order valence-electron chi connectivity index (χ3n) is 1.72. The Hall–Kier alpha value is -1.20. The summed E-state index contributed by atoms with van der Waals surface area (Å²) in [6.07, 6.45) is 3.03. The molecule has 0 aliphatic carbocycles. The van der Waals surface area contributed by atoms with E-state index < -0.39 is 9.05 Å². The molecular weight excluding hydrogens is 224 g/mol. The highest BCUT2D eigenvalue weighted by atomic mass is 35.7.